The predicted octanol–water partition coefficient (Wildman–Crippen LogP) is 2.61. The van der Waals surface area contributed by atoms with Crippen molar-refractivity contribution in [1.82, 2.24) is 24.4 Å². The highest BCUT2D eigenvalue weighted by Crippen LogP contribution is 2.32. The van der Waals surface area contributed by atoms with E-state index in [1.165, 1.54) is 25.6 Å². The lowest BCUT2D eigenvalue weighted by Crippen LogP contribution is -2.37. The van der Waals surface area contributed by atoms with E-state index in [2.05, 4.69) is 24.6 Å². The first kappa shape index (κ1) is 24.9. The Bertz CT molecular complexity index is 1490. The largest absolute Gasteiger partial charge is 0.480 e. The molecule has 3 aromatic heterocycles. The van der Waals surface area contributed by atoms with Gasteiger partial charge in [-0.25, -0.2) is 18.4 Å². The molecule has 0 amide bonds. The van der Waals surface area contributed by atoms with Crippen LogP contribution < -0.4 is 15.2 Å². The Morgan fingerprint density at radius 1 is 1.11 bits per heavy atom. The molecule has 0 radical (unpaired) electrons. The molecule has 194 valence electrons. The second-order valence-electron chi connectivity index (χ2n) is 8.71. The van der Waals surface area contributed by atoms with Gasteiger partial charge in [-0.1, -0.05) is 6.07 Å². The number of aromatic nitrogens is 4. The second-order valence-corrected chi connectivity index (χ2v) is 10.4. The average molecular weight is 524 g/mol. The van der Waals surface area contributed by atoms with E-state index in [1.54, 1.807) is 18.3 Å². The molecule has 1 aliphatic heterocycles. The Kier molecular flexibility index (Phi) is 7.22. The van der Waals surface area contributed by atoms with Crippen LogP contribution in [0.1, 0.15) is 6.42 Å². The number of hydrogen-bond acceptors (Lipinski definition) is 9. The second kappa shape index (κ2) is 10.7. The van der Waals surface area contributed by atoms with Crippen LogP contribution in [0.4, 0.5) is 11.6 Å². The molecule has 1 saturated heterocycles. The Morgan fingerprint density at radius 3 is 2.70 bits per heavy atom. The fourth-order valence-corrected chi connectivity index (χ4v) is 5.40. The summed E-state index contributed by atoms with van der Waals surface area (Å²) in [5, 5.41) is 0. The van der Waals surface area contributed by atoms with Gasteiger partial charge in [0.2, 0.25) is 11.8 Å². The maximum absolute atomic E-state index is 12.9. The number of ether oxygens (including phenoxy) is 2. The van der Waals surface area contributed by atoms with Crippen molar-refractivity contribution >= 4 is 32.7 Å². The number of aryl methyl sites for hydroxylation is 1. The first-order chi connectivity index (χ1) is 17.9. The first-order valence-electron chi connectivity index (χ1n) is 12.0. The number of rotatable bonds is 9. The van der Waals surface area contributed by atoms with Crippen molar-refractivity contribution in [2.24, 2.45) is 0 Å². The maximum atomic E-state index is 12.9. The number of methoxy groups -OCH3 is 1. The molecule has 1 aromatic carbocycles. The molecule has 0 saturated carbocycles. The molecule has 37 heavy (non-hydrogen) atoms. The van der Waals surface area contributed by atoms with E-state index in [0.717, 1.165) is 62.4 Å². The number of nitrogens with zero attached hydrogens (tertiary/aromatic N) is 5. The third-order valence-electron chi connectivity index (χ3n) is 6.30. The van der Waals surface area contributed by atoms with Crippen molar-refractivity contribution in [3.05, 3.63) is 55.0 Å². The van der Waals surface area contributed by atoms with Gasteiger partial charge in [0.25, 0.3) is 10.0 Å². The molecule has 12 heteroatoms. The Balaban J connectivity index is 1.41. The van der Waals surface area contributed by atoms with Crippen LogP contribution in [0.2, 0.25) is 0 Å². The van der Waals surface area contributed by atoms with Crippen LogP contribution in [-0.2, 0) is 21.3 Å². The van der Waals surface area contributed by atoms with Crippen LogP contribution in [-0.4, -0.2) is 72.8 Å². The van der Waals surface area contributed by atoms with E-state index in [0.29, 0.717) is 11.5 Å². The number of fused-ring (bicyclic) bond motifs is 1. The molecule has 1 fully saturated rings. The molecule has 0 spiro atoms. The molecule has 0 atom stereocenters. The highest BCUT2D eigenvalue weighted by Gasteiger charge is 2.19. The van der Waals surface area contributed by atoms with E-state index >= 15 is 0 Å². The average Bonchev–Trinajstić information content (AvgIpc) is 3.23. The van der Waals surface area contributed by atoms with Crippen LogP contribution in [0.25, 0.3) is 22.2 Å². The summed E-state index contributed by atoms with van der Waals surface area (Å²) < 4.78 is 41.1. The van der Waals surface area contributed by atoms with Gasteiger partial charge in [-0.15, -0.1) is 0 Å². The maximum Gasteiger partial charge on any atom is 0.263 e. The van der Waals surface area contributed by atoms with Crippen molar-refractivity contribution in [3.63, 3.8) is 0 Å². The molecular weight excluding hydrogens is 494 g/mol. The van der Waals surface area contributed by atoms with Crippen LogP contribution in [0.5, 0.6) is 5.88 Å². The molecule has 11 nitrogen and oxygen atoms in total. The zero-order valence-corrected chi connectivity index (χ0v) is 21.3. The molecule has 4 aromatic rings. The van der Waals surface area contributed by atoms with Gasteiger partial charge in [-0.3, -0.25) is 14.6 Å². The van der Waals surface area contributed by atoms with Crippen molar-refractivity contribution in [2.75, 3.05) is 50.4 Å². The van der Waals surface area contributed by atoms with Crippen molar-refractivity contribution in [1.29, 1.82) is 0 Å². The zero-order valence-electron chi connectivity index (χ0n) is 20.5. The van der Waals surface area contributed by atoms with Crippen LogP contribution in [0, 0.1) is 0 Å². The van der Waals surface area contributed by atoms with Crippen molar-refractivity contribution < 1.29 is 17.9 Å². The van der Waals surface area contributed by atoms with Gasteiger partial charge in [-0.2, -0.15) is 0 Å². The minimum Gasteiger partial charge on any atom is -0.480 e. The summed E-state index contributed by atoms with van der Waals surface area (Å²) in [6, 6.07) is 10.5. The number of hydrogen-bond donors (Lipinski definition) is 2. The summed E-state index contributed by atoms with van der Waals surface area (Å²) in [4.78, 5) is 15.2. The number of sulfonamides is 1. The third-order valence-corrected chi connectivity index (χ3v) is 7.66. The Hall–Kier alpha value is -3.74. The van der Waals surface area contributed by atoms with E-state index in [-0.39, 0.29) is 16.5 Å². The number of imidazole rings is 1. The topological polar surface area (TPSA) is 137 Å². The lowest BCUT2D eigenvalue weighted by atomic mass is 10.1. The highest BCUT2D eigenvalue weighted by molar-refractivity contribution is 7.92. The Labute approximate surface area is 215 Å². The van der Waals surface area contributed by atoms with E-state index < -0.39 is 10.0 Å². The number of benzene rings is 1. The molecule has 0 aliphatic carbocycles. The first-order valence-corrected chi connectivity index (χ1v) is 13.5. The van der Waals surface area contributed by atoms with Gasteiger partial charge < -0.3 is 19.8 Å². The Morgan fingerprint density at radius 2 is 1.95 bits per heavy atom. The predicted molar refractivity (Wildman–Crippen MR) is 141 cm³/mol. The molecule has 0 bridgehead atoms. The summed E-state index contributed by atoms with van der Waals surface area (Å²) in [7, 11) is -2.44. The number of nitrogens with one attached hydrogen (secondary N) is 1. The number of morpholine rings is 1. The van der Waals surface area contributed by atoms with Crippen LogP contribution in [0.3, 0.4) is 0 Å². The third kappa shape index (κ3) is 5.50. The number of pyridine rings is 2. The summed E-state index contributed by atoms with van der Waals surface area (Å²) in [5.41, 5.74) is 9.75. The summed E-state index contributed by atoms with van der Waals surface area (Å²) in [5.74, 6) is 0.626. The molecule has 0 unspecified atom stereocenters. The lowest BCUT2D eigenvalue weighted by molar-refractivity contribution is 0.0370. The van der Waals surface area contributed by atoms with Crippen LogP contribution in [0.15, 0.2) is 59.9 Å². The number of anilines is 2. The molecule has 5 rings (SSSR count). The molecule has 3 N–H and O–H groups in total. The van der Waals surface area contributed by atoms with E-state index in [1.807, 2.05) is 22.8 Å². The molecule has 1 aliphatic rings. The monoisotopic (exact) mass is 523 g/mol. The van der Waals surface area contributed by atoms with Gasteiger partial charge in [0.05, 0.1) is 31.4 Å². The van der Waals surface area contributed by atoms with Gasteiger partial charge in [0.1, 0.15) is 10.6 Å². The standard InChI is InChI=1S/C25H29N7O4S/c1-35-24-22(30-37(33,34)20-4-2-7-27-17-20)14-19(16-28-24)18-5-6-21-23(15-18)32(25(26)29-21)9-3-8-31-10-12-36-13-11-31/h2,4-7,14-17,30H,3,8-13H2,1H3,(H2,26,29). The summed E-state index contributed by atoms with van der Waals surface area (Å²) in [6.45, 7) is 5.14. The normalized spacial score (nSPS) is 14.6. The van der Waals surface area contributed by atoms with Crippen molar-refractivity contribution in [3.8, 4) is 17.0 Å². The highest BCUT2D eigenvalue weighted by atomic mass is 32.2. The number of nitrogen functional groups attached to an aromatic ring is 1. The minimum atomic E-state index is -3.88. The van der Waals surface area contributed by atoms with E-state index in [4.69, 9.17) is 15.2 Å². The lowest BCUT2D eigenvalue weighted by Gasteiger charge is -2.26. The smallest absolute Gasteiger partial charge is 0.263 e. The molecule has 4 heterocycles. The SMILES string of the molecule is COc1ncc(-c2ccc3nc(N)n(CCCN4CCOCC4)c3c2)cc1NS(=O)(=O)c1cccnc1. The zero-order chi connectivity index (χ0) is 25.8. The van der Waals surface area contributed by atoms with Gasteiger partial charge in [-0.05, 0) is 42.3 Å². The van der Waals surface area contributed by atoms with Gasteiger partial charge >= 0.3 is 0 Å². The fourth-order valence-electron chi connectivity index (χ4n) is 4.39. The van der Waals surface area contributed by atoms with Gasteiger partial charge in [0.15, 0.2) is 0 Å². The quantitative estimate of drug-likeness (QED) is 0.339. The number of nitrogens with two attached hydrogens (primary N) is 1. The van der Waals surface area contributed by atoms with Crippen LogP contribution >= 0.6 is 0 Å². The minimum absolute atomic E-state index is 0.0420. The van der Waals surface area contributed by atoms with Gasteiger partial charge in [0, 0.05) is 50.3 Å². The molecular formula is C25H29N7O4S. The fraction of sp³-hybridized carbons (Fsp3) is 0.320. The van der Waals surface area contributed by atoms with E-state index in [9.17, 15) is 8.42 Å². The summed E-state index contributed by atoms with van der Waals surface area (Å²) >= 11 is 0. The summed E-state index contributed by atoms with van der Waals surface area (Å²) in [6.07, 6.45) is 5.37. The van der Waals surface area contributed by atoms with Crippen molar-refractivity contribution in [2.45, 2.75) is 17.9 Å².